The van der Waals surface area contributed by atoms with E-state index in [1.165, 1.54) is 12.0 Å². The first-order valence-electron chi connectivity index (χ1n) is 11.2. The monoisotopic (exact) mass is 469 g/mol. The minimum absolute atomic E-state index is 0.0868. The first kappa shape index (κ1) is 22.4. The van der Waals surface area contributed by atoms with E-state index in [4.69, 9.17) is 9.15 Å². The van der Waals surface area contributed by atoms with Crippen molar-refractivity contribution in [3.8, 4) is 5.75 Å². The average Bonchev–Trinajstić information content (AvgIpc) is 3.47. The highest BCUT2D eigenvalue weighted by atomic mass is 16.5. The number of ether oxygens (including phenoxy) is 1. The van der Waals surface area contributed by atoms with E-state index in [1.807, 2.05) is 17.9 Å². The zero-order chi connectivity index (χ0) is 24.0. The predicted molar refractivity (Wildman–Crippen MR) is 119 cm³/mol. The molecule has 180 valence electrons. The lowest BCUT2D eigenvalue weighted by atomic mass is 9.94. The molecule has 1 aromatic carbocycles. The maximum atomic E-state index is 13.1. The Hall–Kier alpha value is -3.41. The number of imide groups is 1. The third kappa shape index (κ3) is 3.61. The van der Waals surface area contributed by atoms with Crippen molar-refractivity contribution < 1.29 is 28.6 Å². The number of hydrogen-bond acceptors (Lipinski definition) is 8. The molecule has 4 heterocycles. The Balaban J connectivity index is 1.44. The molecule has 1 aromatic heterocycles. The van der Waals surface area contributed by atoms with Gasteiger partial charge >= 0.3 is 6.03 Å². The van der Waals surface area contributed by atoms with Gasteiger partial charge in [0.05, 0.1) is 13.7 Å². The maximum Gasteiger partial charge on any atom is 0.322 e. The van der Waals surface area contributed by atoms with Crippen molar-refractivity contribution in [2.75, 3.05) is 26.7 Å². The van der Waals surface area contributed by atoms with Gasteiger partial charge in [-0.15, -0.1) is 0 Å². The number of carbonyl (C=O) groups excluding carboxylic acids is 3. The summed E-state index contributed by atoms with van der Waals surface area (Å²) < 4.78 is 11.3. The normalized spacial score (nSPS) is 22.9. The molecule has 0 saturated carbocycles. The number of aliphatic hydroxyl groups excluding tert-OH is 1. The lowest BCUT2D eigenvalue weighted by Crippen LogP contribution is -2.52. The topological polar surface area (TPSA) is 136 Å². The van der Waals surface area contributed by atoms with E-state index in [2.05, 4.69) is 16.0 Å². The van der Waals surface area contributed by atoms with E-state index in [-0.39, 0.29) is 18.2 Å². The molecule has 3 aliphatic heterocycles. The molecule has 0 aliphatic carbocycles. The van der Waals surface area contributed by atoms with Gasteiger partial charge in [0, 0.05) is 37.2 Å². The highest BCUT2D eigenvalue weighted by molar-refractivity contribution is 6.08. The van der Waals surface area contributed by atoms with Crippen LogP contribution in [0.25, 0.3) is 0 Å². The van der Waals surface area contributed by atoms with Crippen LogP contribution in [0.1, 0.15) is 39.9 Å². The highest BCUT2D eigenvalue weighted by Crippen LogP contribution is 2.35. The van der Waals surface area contributed by atoms with Gasteiger partial charge in [0.2, 0.25) is 0 Å². The minimum atomic E-state index is -1.55. The molecule has 1 saturated heterocycles. The summed E-state index contributed by atoms with van der Waals surface area (Å²) in [5.74, 6) is 0.706. The molecule has 4 amide bonds. The van der Waals surface area contributed by atoms with Crippen LogP contribution in [0.4, 0.5) is 4.79 Å². The Morgan fingerprint density at radius 2 is 2.06 bits per heavy atom. The zero-order valence-corrected chi connectivity index (χ0v) is 19.0. The van der Waals surface area contributed by atoms with Gasteiger partial charge in [0.1, 0.15) is 17.3 Å². The van der Waals surface area contributed by atoms with Gasteiger partial charge in [0.15, 0.2) is 11.9 Å². The summed E-state index contributed by atoms with van der Waals surface area (Å²) in [6.07, 6.45) is -0.255. The number of nitrogens with one attached hydrogen (secondary N) is 3. The molecule has 2 atom stereocenters. The van der Waals surface area contributed by atoms with Gasteiger partial charge in [0.25, 0.3) is 11.8 Å². The molecular formula is C23H27N5O6. The molecule has 11 heteroatoms. The van der Waals surface area contributed by atoms with Crippen LogP contribution in [-0.2, 0) is 29.8 Å². The van der Waals surface area contributed by atoms with Gasteiger partial charge in [-0.25, -0.2) is 4.79 Å². The van der Waals surface area contributed by atoms with Crippen molar-refractivity contribution >= 4 is 17.8 Å². The fraction of sp³-hybridized carbons (Fsp3) is 0.435. The summed E-state index contributed by atoms with van der Waals surface area (Å²) in [4.78, 5) is 41.8. The Kier molecular flexibility index (Phi) is 5.54. The summed E-state index contributed by atoms with van der Waals surface area (Å²) in [6, 6.07) is 6.37. The Morgan fingerprint density at radius 1 is 1.24 bits per heavy atom. The predicted octanol–water partition coefficient (Wildman–Crippen LogP) is 0.222. The number of amides is 4. The summed E-state index contributed by atoms with van der Waals surface area (Å²) in [7, 11) is 1.53. The fourth-order valence-corrected chi connectivity index (χ4v) is 4.82. The van der Waals surface area contributed by atoms with Crippen molar-refractivity contribution in [2.24, 2.45) is 0 Å². The fourth-order valence-electron chi connectivity index (χ4n) is 4.82. The maximum absolute atomic E-state index is 13.1. The van der Waals surface area contributed by atoms with Crippen LogP contribution in [0.15, 0.2) is 28.7 Å². The number of nitrogens with zero attached hydrogens (tertiary/aromatic N) is 2. The SMILES string of the molecule is CCNC(O)N1CCc2oc(C3(CN4Cc5ccc(OC)cc5C4=O)NC(=O)NC3=O)cc2C1. The summed E-state index contributed by atoms with van der Waals surface area (Å²) in [5.41, 5.74) is 0.595. The second-order valence-corrected chi connectivity index (χ2v) is 8.71. The second-order valence-electron chi connectivity index (χ2n) is 8.71. The van der Waals surface area contributed by atoms with E-state index in [9.17, 15) is 19.5 Å². The molecule has 11 nitrogen and oxygen atoms in total. The van der Waals surface area contributed by atoms with Crippen LogP contribution in [0, 0.1) is 0 Å². The van der Waals surface area contributed by atoms with Crippen LogP contribution in [0.2, 0.25) is 0 Å². The number of rotatable bonds is 7. The van der Waals surface area contributed by atoms with Crippen molar-refractivity contribution in [3.63, 3.8) is 0 Å². The largest absolute Gasteiger partial charge is 0.497 e. The summed E-state index contributed by atoms with van der Waals surface area (Å²) >= 11 is 0. The number of methoxy groups -OCH3 is 1. The number of aliphatic hydroxyl groups is 1. The first-order chi connectivity index (χ1) is 16.3. The van der Waals surface area contributed by atoms with E-state index < -0.39 is 23.8 Å². The minimum Gasteiger partial charge on any atom is -0.497 e. The highest BCUT2D eigenvalue weighted by Gasteiger charge is 2.53. The van der Waals surface area contributed by atoms with Crippen LogP contribution in [0.5, 0.6) is 5.75 Å². The number of urea groups is 1. The lowest BCUT2D eigenvalue weighted by Gasteiger charge is -2.30. The third-order valence-electron chi connectivity index (χ3n) is 6.61. The van der Waals surface area contributed by atoms with Gasteiger partial charge < -0.3 is 24.5 Å². The number of benzene rings is 1. The molecule has 4 N–H and O–H groups in total. The zero-order valence-electron chi connectivity index (χ0n) is 19.0. The standard InChI is InChI=1S/C23H27N5O6/c1-3-24-22(32)27-7-6-17-14(11-27)8-18(34-17)23(20(30)25-21(31)26-23)12-28-10-13-4-5-15(33-2)9-16(13)19(28)29/h4-5,8-9,22,24,32H,3,6-7,10-12H2,1-2H3,(H2,25,26,30,31). The smallest absolute Gasteiger partial charge is 0.322 e. The molecule has 0 spiro atoms. The number of fused-ring (bicyclic) bond motifs is 2. The quantitative estimate of drug-likeness (QED) is 0.334. The molecule has 2 unspecified atom stereocenters. The molecule has 34 heavy (non-hydrogen) atoms. The van der Waals surface area contributed by atoms with Gasteiger partial charge in [-0.05, 0) is 30.3 Å². The molecule has 0 radical (unpaired) electrons. The Labute approximate surface area is 196 Å². The van der Waals surface area contributed by atoms with Gasteiger partial charge in [-0.1, -0.05) is 13.0 Å². The van der Waals surface area contributed by atoms with E-state index in [0.29, 0.717) is 49.7 Å². The van der Waals surface area contributed by atoms with Crippen LogP contribution < -0.4 is 20.7 Å². The van der Waals surface area contributed by atoms with Crippen molar-refractivity contribution in [1.82, 2.24) is 25.8 Å². The second kappa shape index (κ2) is 8.42. The van der Waals surface area contributed by atoms with E-state index in [0.717, 1.165) is 11.1 Å². The van der Waals surface area contributed by atoms with Crippen LogP contribution >= 0.6 is 0 Å². The van der Waals surface area contributed by atoms with Gasteiger partial charge in [-0.2, -0.15) is 0 Å². The summed E-state index contributed by atoms with van der Waals surface area (Å²) in [6.45, 7) is 3.74. The van der Waals surface area contributed by atoms with Crippen LogP contribution in [-0.4, -0.2) is 65.8 Å². The molecule has 5 rings (SSSR count). The molecular weight excluding hydrogens is 442 g/mol. The molecule has 0 bridgehead atoms. The lowest BCUT2D eigenvalue weighted by molar-refractivity contribution is -0.125. The molecule has 3 aliphatic rings. The van der Waals surface area contributed by atoms with Crippen LogP contribution in [0.3, 0.4) is 0 Å². The van der Waals surface area contributed by atoms with Crippen molar-refractivity contribution in [3.05, 3.63) is 52.5 Å². The Bertz CT molecular complexity index is 1160. The van der Waals surface area contributed by atoms with Crippen molar-refractivity contribution in [2.45, 2.75) is 38.3 Å². The third-order valence-corrected chi connectivity index (χ3v) is 6.61. The summed E-state index contributed by atoms with van der Waals surface area (Å²) in [5, 5.41) is 18.3. The van der Waals surface area contributed by atoms with E-state index in [1.54, 1.807) is 18.2 Å². The average molecular weight is 469 g/mol. The molecule has 1 fully saturated rings. The first-order valence-corrected chi connectivity index (χ1v) is 11.2. The van der Waals surface area contributed by atoms with Gasteiger partial charge in [-0.3, -0.25) is 25.1 Å². The molecule has 2 aromatic rings. The van der Waals surface area contributed by atoms with E-state index >= 15 is 0 Å². The Morgan fingerprint density at radius 3 is 2.76 bits per heavy atom. The number of hydrogen-bond donors (Lipinski definition) is 4. The van der Waals surface area contributed by atoms with Crippen molar-refractivity contribution in [1.29, 1.82) is 0 Å². The number of carbonyl (C=O) groups is 3. The number of furan rings is 1.